The van der Waals surface area contributed by atoms with Crippen LogP contribution in [0.4, 0.5) is 5.82 Å². The van der Waals surface area contributed by atoms with Crippen LogP contribution in [0.25, 0.3) is 0 Å². The molecular weight excluding hydrogens is 514 g/mol. The third kappa shape index (κ3) is 6.78. The van der Waals surface area contributed by atoms with E-state index < -0.39 is 21.7 Å². The number of hydrogen-bond acceptors (Lipinski definition) is 6. The van der Waals surface area contributed by atoms with E-state index in [0.29, 0.717) is 35.8 Å². The maximum atomic E-state index is 13.4. The Hall–Kier alpha value is -3.17. The molecule has 1 aliphatic carbocycles. The van der Waals surface area contributed by atoms with Crippen molar-refractivity contribution in [1.29, 1.82) is 0 Å². The third-order valence-corrected chi connectivity index (χ3v) is 8.28. The lowest BCUT2D eigenvalue weighted by molar-refractivity contribution is -0.118. The van der Waals surface area contributed by atoms with Gasteiger partial charge in [0.15, 0.2) is 15.7 Å². The number of amides is 1. The Bertz CT molecular complexity index is 1400. The maximum Gasteiger partial charge on any atom is 0.337 e. The van der Waals surface area contributed by atoms with Gasteiger partial charge >= 0.3 is 5.97 Å². The number of nitrogens with one attached hydrogen (secondary N) is 1. The summed E-state index contributed by atoms with van der Waals surface area (Å²) in [7, 11) is -2.13. The largest absolute Gasteiger partial charge is 0.465 e. The number of carbonyl (C=O) groups is 2. The zero-order valence-corrected chi connectivity index (χ0v) is 22.4. The second-order valence-corrected chi connectivity index (χ2v) is 11.9. The highest BCUT2D eigenvalue weighted by molar-refractivity contribution is 7.90. The highest BCUT2D eigenvalue weighted by Crippen LogP contribution is 2.36. The number of halogens is 1. The van der Waals surface area contributed by atoms with E-state index in [9.17, 15) is 18.0 Å². The lowest BCUT2D eigenvalue weighted by Crippen LogP contribution is -2.23. The predicted octanol–water partition coefficient (Wildman–Crippen LogP) is 5.08. The summed E-state index contributed by atoms with van der Waals surface area (Å²) in [5.74, 6) is -0.287. The molecule has 0 aliphatic heterocycles. The zero-order valence-electron chi connectivity index (χ0n) is 20.8. The summed E-state index contributed by atoms with van der Waals surface area (Å²) in [6, 6.07) is 13.5. The van der Waals surface area contributed by atoms with Crippen LogP contribution in [-0.4, -0.2) is 43.4 Å². The monoisotopic (exact) mass is 543 g/mol. The molecule has 3 aromatic rings. The summed E-state index contributed by atoms with van der Waals surface area (Å²) < 4.78 is 30.4. The van der Waals surface area contributed by atoms with Crippen LogP contribution in [0, 0.1) is 5.92 Å². The smallest absolute Gasteiger partial charge is 0.337 e. The minimum Gasteiger partial charge on any atom is -0.465 e. The molecular formula is C27H30ClN3O5S. The molecule has 196 valence electrons. The first-order valence-corrected chi connectivity index (χ1v) is 14.4. The van der Waals surface area contributed by atoms with E-state index in [0.717, 1.165) is 37.5 Å². The second kappa shape index (κ2) is 11.5. The SMILES string of the molecule is COC(=O)c1cccc(Cn2ccc(NC(=O)C(CC3CCCC3)c3ccc(S(C)(=O)=O)c(Cl)c3)n2)c1. The first-order valence-electron chi connectivity index (χ1n) is 12.1. The lowest BCUT2D eigenvalue weighted by atomic mass is 9.87. The van der Waals surface area contributed by atoms with E-state index >= 15 is 0 Å². The number of esters is 1. The first-order chi connectivity index (χ1) is 17.6. The van der Waals surface area contributed by atoms with Crippen LogP contribution in [0.3, 0.4) is 0 Å². The minimum atomic E-state index is -3.47. The third-order valence-electron chi connectivity index (χ3n) is 6.70. The summed E-state index contributed by atoms with van der Waals surface area (Å²) in [4.78, 5) is 25.3. The van der Waals surface area contributed by atoms with Gasteiger partial charge in [-0.2, -0.15) is 5.10 Å². The van der Waals surface area contributed by atoms with Crippen molar-refractivity contribution in [2.45, 2.75) is 49.5 Å². The Morgan fingerprint density at radius 3 is 2.59 bits per heavy atom. The summed E-state index contributed by atoms with van der Waals surface area (Å²) in [6.07, 6.45) is 7.95. The molecule has 10 heteroatoms. The van der Waals surface area contributed by atoms with Gasteiger partial charge in [-0.05, 0) is 47.7 Å². The number of nitrogens with zero attached hydrogens (tertiary/aromatic N) is 2. The zero-order chi connectivity index (χ0) is 26.6. The quantitative estimate of drug-likeness (QED) is 0.377. The van der Waals surface area contributed by atoms with Crippen molar-refractivity contribution in [2.24, 2.45) is 5.92 Å². The molecule has 0 radical (unpaired) electrons. The van der Waals surface area contributed by atoms with Crippen LogP contribution in [0.2, 0.25) is 5.02 Å². The molecule has 1 saturated carbocycles. The van der Waals surface area contributed by atoms with Gasteiger partial charge in [-0.1, -0.05) is 55.5 Å². The summed E-state index contributed by atoms with van der Waals surface area (Å²) in [5, 5.41) is 7.51. The van der Waals surface area contributed by atoms with Crippen molar-refractivity contribution in [1.82, 2.24) is 9.78 Å². The minimum absolute atomic E-state index is 0.0490. The molecule has 0 bridgehead atoms. The van der Waals surface area contributed by atoms with Crippen molar-refractivity contribution in [3.8, 4) is 0 Å². The summed E-state index contributed by atoms with van der Waals surface area (Å²) in [5.41, 5.74) is 2.00. The van der Waals surface area contributed by atoms with E-state index in [4.69, 9.17) is 16.3 Å². The second-order valence-electron chi connectivity index (χ2n) is 9.48. The van der Waals surface area contributed by atoms with Gasteiger partial charge in [0.1, 0.15) is 0 Å². The first kappa shape index (κ1) is 26.9. The van der Waals surface area contributed by atoms with Crippen molar-refractivity contribution >= 4 is 39.1 Å². The van der Waals surface area contributed by atoms with Gasteiger partial charge in [-0.25, -0.2) is 13.2 Å². The lowest BCUT2D eigenvalue weighted by Gasteiger charge is -2.21. The standard InChI is InChI=1S/C27H30ClN3O5S/c1-36-27(33)21-9-5-8-19(14-21)17-31-13-12-25(30-31)29-26(32)22(15-18-6-3-4-7-18)20-10-11-24(23(28)16-20)37(2,34)35/h5,8-14,16,18,22H,3-4,6-7,15,17H2,1-2H3,(H,29,30,32). The molecule has 1 atom stereocenters. The molecule has 0 saturated heterocycles. The van der Waals surface area contributed by atoms with E-state index in [-0.39, 0.29) is 15.8 Å². The van der Waals surface area contributed by atoms with Crippen LogP contribution in [0.15, 0.2) is 59.6 Å². The maximum absolute atomic E-state index is 13.4. The van der Waals surface area contributed by atoms with Crippen molar-refractivity contribution < 1.29 is 22.7 Å². The number of hydrogen-bond donors (Lipinski definition) is 1. The van der Waals surface area contributed by atoms with Gasteiger partial charge in [0.25, 0.3) is 0 Å². The topological polar surface area (TPSA) is 107 Å². The number of carbonyl (C=O) groups excluding carboxylic acids is 2. The van der Waals surface area contributed by atoms with Gasteiger partial charge in [0, 0.05) is 18.5 Å². The highest BCUT2D eigenvalue weighted by atomic mass is 35.5. The van der Waals surface area contributed by atoms with Gasteiger partial charge in [0.2, 0.25) is 5.91 Å². The van der Waals surface area contributed by atoms with Gasteiger partial charge in [-0.15, -0.1) is 0 Å². The van der Waals surface area contributed by atoms with Gasteiger partial charge in [-0.3, -0.25) is 9.48 Å². The van der Waals surface area contributed by atoms with Crippen LogP contribution in [0.1, 0.15) is 59.5 Å². The molecule has 1 aliphatic rings. The molecule has 1 heterocycles. The normalized spacial score (nSPS) is 14.9. The number of sulfone groups is 1. The fraction of sp³-hybridized carbons (Fsp3) is 0.370. The number of rotatable bonds is 9. The number of ether oxygens (including phenoxy) is 1. The van der Waals surface area contributed by atoms with E-state index in [1.807, 2.05) is 6.07 Å². The van der Waals surface area contributed by atoms with Crippen LogP contribution < -0.4 is 5.32 Å². The van der Waals surface area contributed by atoms with Crippen LogP contribution in [-0.2, 0) is 25.9 Å². The molecule has 1 aromatic heterocycles. The predicted molar refractivity (Wildman–Crippen MR) is 142 cm³/mol. The number of aromatic nitrogens is 2. The average Bonchev–Trinajstić information content (AvgIpc) is 3.53. The summed E-state index contributed by atoms with van der Waals surface area (Å²) >= 11 is 6.30. The molecule has 4 rings (SSSR count). The Morgan fingerprint density at radius 2 is 1.92 bits per heavy atom. The van der Waals surface area contributed by atoms with Crippen LogP contribution >= 0.6 is 11.6 Å². The Kier molecular flexibility index (Phi) is 8.34. The number of anilines is 1. The van der Waals surface area contributed by atoms with E-state index in [2.05, 4.69) is 10.4 Å². The molecule has 1 unspecified atom stereocenters. The molecule has 1 amide bonds. The van der Waals surface area contributed by atoms with Crippen LogP contribution in [0.5, 0.6) is 0 Å². The fourth-order valence-electron chi connectivity index (χ4n) is 4.84. The molecule has 37 heavy (non-hydrogen) atoms. The molecule has 1 fully saturated rings. The van der Waals surface area contributed by atoms with E-state index in [1.54, 1.807) is 47.3 Å². The van der Waals surface area contributed by atoms with Crippen molar-refractivity contribution in [3.63, 3.8) is 0 Å². The summed E-state index contributed by atoms with van der Waals surface area (Å²) in [6.45, 7) is 0.411. The van der Waals surface area contributed by atoms with Gasteiger partial charge < -0.3 is 10.1 Å². The Labute approximate surface area is 221 Å². The average molecular weight is 544 g/mol. The molecule has 0 spiro atoms. The highest BCUT2D eigenvalue weighted by Gasteiger charge is 2.28. The molecule has 1 N–H and O–H groups in total. The Morgan fingerprint density at radius 1 is 1.16 bits per heavy atom. The fourth-order valence-corrected chi connectivity index (χ4v) is 6.18. The Balaban J connectivity index is 1.51. The van der Waals surface area contributed by atoms with Crippen molar-refractivity contribution in [2.75, 3.05) is 18.7 Å². The number of benzene rings is 2. The van der Waals surface area contributed by atoms with Crippen molar-refractivity contribution in [3.05, 3.63) is 76.4 Å². The number of methoxy groups -OCH3 is 1. The molecule has 2 aromatic carbocycles. The van der Waals surface area contributed by atoms with Gasteiger partial charge in [0.05, 0.1) is 35.1 Å². The van der Waals surface area contributed by atoms with E-state index in [1.165, 1.54) is 13.2 Å². The molecule has 8 nitrogen and oxygen atoms in total.